The molecule has 0 aliphatic carbocycles. The number of nitrogens with zero attached hydrogens (tertiary/aromatic N) is 2. The van der Waals surface area contributed by atoms with Gasteiger partial charge < -0.3 is 30.4 Å². The average Bonchev–Trinajstić information content (AvgIpc) is 3.14. The van der Waals surface area contributed by atoms with E-state index in [1.54, 1.807) is 0 Å². The Balaban J connectivity index is 0.000000451. The summed E-state index contributed by atoms with van der Waals surface area (Å²) in [6.45, 7) is 3.26. The Labute approximate surface area is 184 Å². The van der Waals surface area contributed by atoms with Crippen molar-refractivity contribution in [3.63, 3.8) is 0 Å². The van der Waals surface area contributed by atoms with Crippen molar-refractivity contribution >= 4 is 28.5 Å². The predicted octanol–water partition coefficient (Wildman–Crippen LogP) is 2.53. The first kappa shape index (κ1) is 25.6. The van der Waals surface area contributed by atoms with E-state index in [0.29, 0.717) is 13.2 Å². The lowest BCUT2D eigenvalue weighted by molar-refractivity contribution is -0.192. The highest BCUT2D eigenvalue weighted by atomic mass is 19.4. The van der Waals surface area contributed by atoms with E-state index in [4.69, 9.17) is 20.4 Å². The number of rotatable bonds is 6. The lowest BCUT2D eigenvalue weighted by atomic mass is 9.92. The number of carbonyl (C=O) groups excluding carboxylic acids is 1. The molecule has 32 heavy (non-hydrogen) atoms. The number of likely N-dealkylation sites (N-methyl/N-ethyl adjacent to an activating group) is 1. The number of alkyl halides is 3. The maximum atomic E-state index is 12.5. The van der Waals surface area contributed by atoms with Crippen LogP contribution in [-0.2, 0) is 20.9 Å². The third-order valence-electron chi connectivity index (χ3n) is 5.15. The summed E-state index contributed by atoms with van der Waals surface area (Å²) >= 11 is 0. The van der Waals surface area contributed by atoms with Crippen LogP contribution in [0, 0.1) is 5.92 Å². The molecule has 1 unspecified atom stereocenters. The van der Waals surface area contributed by atoms with Crippen molar-refractivity contribution in [3.8, 4) is 0 Å². The summed E-state index contributed by atoms with van der Waals surface area (Å²) in [4.78, 5) is 23.5. The first-order chi connectivity index (χ1) is 15.0. The van der Waals surface area contributed by atoms with Crippen LogP contribution >= 0.6 is 0 Å². The largest absolute Gasteiger partial charge is 0.490 e. The quantitative estimate of drug-likeness (QED) is 0.614. The number of aliphatic carboxylic acids is 1. The van der Waals surface area contributed by atoms with Crippen molar-refractivity contribution < 1.29 is 32.6 Å². The average molecular weight is 458 g/mol. The highest BCUT2D eigenvalue weighted by Gasteiger charge is 2.38. The number of benzene rings is 1. The highest BCUT2D eigenvalue weighted by Crippen LogP contribution is 2.22. The molecule has 4 N–H and O–H groups in total. The predicted molar refractivity (Wildman–Crippen MR) is 114 cm³/mol. The maximum absolute atomic E-state index is 12.5. The second-order valence-electron chi connectivity index (χ2n) is 7.85. The molecule has 11 heteroatoms. The van der Waals surface area contributed by atoms with E-state index in [1.807, 2.05) is 18.2 Å². The molecule has 1 aliphatic heterocycles. The van der Waals surface area contributed by atoms with Crippen LogP contribution in [-0.4, -0.2) is 72.5 Å². The number of halogens is 3. The molecule has 0 bridgehead atoms. The second-order valence-corrected chi connectivity index (χ2v) is 7.85. The van der Waals surface area contributed by atoms with Gasteiger partial charge >= 0.3 is 12.1 Å². The fraction of sp³-hybridized carbons (Fsp3) is 0.524. The van der Waals surface area contributed by atoms with Crippen LogP contribution in [0.2, 0.25) is 0 Å². The topological polar surface area (TPSA) is 110 Å². The first-order valence-electron chi connectivity index (χ1n) is 10.2. The molecule has 1 atom stereocenters. The van der Waals surface area contributed by atoms with Gasteiger partial charge in [0.15, 0.2) is 0 Å². The van der Waals surface area contributed by atoms with Gasteiger partial charge in [-0.2, -0.15) is 13.2 Å². The molecule has 8 nitrogen and oxygen atoms in total. The van der Waals surface area contributed by atoms with E-state index >= 15 is 0 Å². The molecule has 1 aliphatic rings. The molecule has 1 fully saturated rings. The first-order valence-corrected chi connectivity index (χ1v) is 10.2. The zero-order chi connectivity index (χ0) is 23.9. The van der Waals surface area contributed by atoms with E-state index in [0.717, 1.165) is 37.1 Å². The van der Waals surface area contributed by atoms with Crippen molar-refractivity contribution in [3.05, 3.63) is 30.5 Å². The van der Waals surface area contributed by atoms with Crippen LogP contribution in [0.15, 0.2) is 30.5 Å². The molecule has 2 aromatic rings. The van der Waals surface area contributed by atoms with Crippen molar-refractivity contribution in [2.24, 2.45) is 11.7 Å². The third-order valence-corrected chi connectivity index (χ3v) is 5.15. The van der Waals surface area contributed by atoms with Gasteiger partial charge in [0.1, 0.15) is 0 Å². The Morgan fingerprint density at radius 3 is 2.47 bits per heavy atom. The zero-order valence-corrected chi connectivity index (χ0v) is 18.1. The van der Waals surface area contributed by atoms with E-state index in [1.165, 1.54) is 5.39 Å². The lowest BCUT2D eigenvalue weighted by Crippen LogP contribution is -2.44. The number of fused-ring (bicyclic) bond motifs is 1. The van der Waals surface area contributed by atoms with Crippen molar-refractivity contribution in [2.45, 2.75) is 31.6 Å². The standard InChI is InChI=1S/C19H28N4O2.C2HF3O2/c1-22(2)9-10-23-8-5-14-3-4-16(13-17(14)23)21-19(24)18(20)15-6-11-25-12-7-15;3-2(4,5)1(6)7/h3-5,8,13,15,18H,6-7,9-12,20H2,1-2H3,(H,21,24);(H,6,7). The van der Waals surface area contributed by atoms with E-state index in [2.05, 4.69) is 41.1 Å². The molecule has 1 saturated heterocycles. The Bertz CT molecular complexity index is 908. The highest BCUT2D eigenvalue weighted by molar-refractivity contribution is 5.97. The number of nitrogens with one attached hydrogen (secondary N) is 1. The van der Waals surface area contributed by atoms with Gasteiger partial charge in [-0.3, -0.25) is 4.79 Å². The maximum Gasteiger partial charge on any atom is 0.490 e. The number of aromatic nitrogens is 1. The monoisotopic (exact) mass is 458 g/mol. The smallest absolute Gasteiger partial charge is 0.475 e. The molecular weight excluding hydrogens is 429 g/mol. The number of carboxylic acid groups (broad SMARTS) is 1. The zero-order valence-electron chi connectivity index (χ0n) is 18.1. The van der Waals surface area contributed by atoms with Crippen molar-refractivity contribution in [1.29, 1.82) is 0 Å². The minimum absolute atomic E-state index is 0.113. The summed E-state index contributed by atoms with van der Waals surface area (Å²) in [7, 11) is 4.13. The second kappa shape index (κ2) is 11.3. The Morgan fingerprint density at radius 1 is 1.28 bits per heavy atom. The lowest BCUT2D eigenvalue weighted by Gasteiger charge is -2.26. The summed E-state index contributed by atoms with van der Waals surface area (Å²) in [5.41, 5.74) is 8.09. The summed E-state index contributed by atoms with van der Waals surface area (Å²) in [5, 5.41) is 11.3. The van der Waals surface area contributed by atoms with Gasteiger partial charge in [0.05, 0.1) is 11.6 Å². The van der Waals surface area contributed by atoms with Gasteiger partial charge in [-0.15, -0.1) is 0 Å². The van der Waals surface area contributed by atoms with Gasteiger partial charge in [-0.05, 0) is 56.4 Å². The van der Waals surface area contributed by atoms with Gasteiger partial charge in [-0.25, -0.2) is 4.79 Å². The van der Waals surface area contributed by atoms with Gasteiger partial charge in [-0.1, -0.05) is 6.07 Å². The summed E-state index contributed by atoms with van der Waals surface area (Å²) in [6, 6.07) is 7.62. The summed E-state index contributed by atoms with van der Waals surface area (Å²) in [5.74, 6) is -2.67. The minimum Gasteiger partial charge on any atom is -0.475 e. The molecule has 1 aromatic heterocycles. The summed E-state index contributed by atoms with van der Waals surface area (Å²) in [6.07, 6.45) is -1.30. The molecule has 1 amide bonds. The van der Waals surface area contributed by atoms with E-state index in [-0.39, 0.29) is 11.8 Å². The number of hydrogen-bond acceptors (Lipinski definition) is 5. The molecule has 0 radical (unpaired) electrons. The minimum atomic E-state index is -5.08. The SMILES string of the molecule is CN(C)CCn1ccc2ccc(NC(=O)C(N)C3CCOCC3)cc21.O=C(O)C(F)(F)F. The van der Waals surface area contributed by atoms with Crippen LogP contribution in [0.25, 0.3) is 10.9 Å². The van der Waals surface area contributed by atoms with Crippen LogP contribution in [0.5, 0.6) is 0 Å². The van der Waals surface area contributed by atoms with Crippen LogP contribution in [0.3, 0.4) is 0 Å². The fourth-order valence-electron chi connectivity index (χ4n) is 3.28. The van der Waals surface area contributed by atoms with Crippen LogP contribution in [0.1, 0.15) is 12.8 Å². The molecule has 3 rings (SSSR count). The molecule has 178 valence electrons. The number of ether oxygens (including phenoxy) is 1. The van der Waals surface area contributed by atoms with E-state index < -0.39 is 18.2 Å². The van der Waals surface area contributed by atoms with Crippen LogP contribution < -0.4 is 11.1 Å². The Kier molecular flexibility index (Phi) is 9.05. The molecule has 0 spiro atoms. The van der Waals surface area contributed by atoms with Gasteiger partial charge in [0.25, 0.3) is 0 Å². The molecule has 2 heterocycles. The number of carboxylic acids is 1. The van der Waals surface area contributed by atoms with Crippen LogP contribution in [0.4, 0.5) is 18.9 Å². The van der Waals surface area contributed by atoms with E-state index in [9.17, 15) is 18.0 Å². The summed E-state index contributed by atoms with van der Waals surface area (Å²) < 4.78 is 39.3. The Morgan fingerprint density at radius 2 is 1.91 bits per heavy atom. The fourth-order valence-corrected chi connectivity index (χ4v) is 3.28. The Hall–Kier alpha value is -2.63. The molecule has 1 aromatic carbocycles. The van der Waals surface area contributed by atoms with Gasteiger partial charge in [0.2, 0.25) is 5.91 Å². The number of anilines is 1. The molecule has 0 saturated carbocycles. The number of hydrogen-bond donors (Lipinski definition) is 3. The molecular formula is C21H29F3N4O4. The number of nitrogens with two attached hydrogens (primary N) is 1. The normalized spacial score (nSPS) is 15.8. The number of amides is 1. The third kappa shape index (κ3) is 7.50. The van der Waals surface area contributed by atoms with Gasteiger partial charge in [0, 0.05) is 38.2 Å². The van der Waals surface area contributed by atoms with Crippen molar-refractivity contribution in [1.82, 2.24) is 9.47 Å². The number of carbonyl (C=O) groups is 2. The van der Waals surface area contributed by atoms with Crippen molar-refractivity contribution in [2.75, 3.05) is 39.2 Å².